The summed E-state index contributed by atoms with van der Waals surface area (Å²) in [6, 6.07) is -0.842. The van der Waals surface area contributed by atoms with Gasteiger partial charge in [0, 0.05) is 6.61 Å². The van der Waals surface area contributed by atoms with E-state index < -0.39 is 12.0 Å². The van der Waals surface area contributed by atoms with Crippen molar-refractivity contribution in [1.29, 1.82) is 0 Å². The molecule has 1 fully saturated rings. The molecule has 0 aromatic carbocycles. The topological polar surface area (TPSA) is 88.5 Å². The van der Waals surface area contributed by atoms with E-state index in [-0.39, 0.29) is 12.0 Å². The molecule has 0 radical (unpaired) electrons. The van der Waals surface area contributed by atoms with Crippen molar-refractivity contribution in [2.75, 3.05) is 6.61 Å². The second-order valence-electron chi connectivity index (χ2n) is 5.07. The minimum atomic E-state index is -0.999. The molecule has 2 unspecified atom stereocenters. The van der Waals surface area contributed by atoms with Crippen LogP contribution in [0.3, 0.4) is 0 Å². The van der Waals surface area contributed by atoms with E-state index >= 15 is 0 Å². The minimum Gasteiger partial charge on any atom is -0.480 e. The van der Waals surface area contributed by atoms with Crippen molar-refractivity contribution in [3.8, 4) is 0 Å². The lowest BCUT2D eigenvalue weighted by Gasteiger charge is -2.13. The van der Waals surface area contributed by atoms with Crippen molar-refractivity contribution < 1.29 is 19.4 Å². The van der Waals surface area contributed by atoms with Crippen LogP contribution in [0.15, 0.2) is 6.20 Å². The molecule has 1 aromatic heterocycles. The number of hydrogen-bond donors (Lipinski definition) is 2. The highest BCUT2D eigenvalue weighted by Gasteiger charge is 2.24. The lowest BCUT2D eigenvalue weighted by Crippen LogP contribution is -2.40. The largest absolute Gasteiger partial charge is 0.480 e. The number of thiazole rings is 1. The van der Waals surface area contributed by atoms with Gasteiger partial charge in [0.15, 0.2) is 0 Å². The highest BCUT2D eigenvalue weighted by molar-refractivity contribution is 7.13. The monoisotopic (exact) mass is 312 g/mol. The molecule has 1 saturated heterocycles. The smallest absolute Gasteiger partial charge is 0.326 e. The molecule has 2 heterocycles. The Morgan fingerprint density at radius 3 is 3.05 bits per heavy atom. The Bertz CT molecular complexity index is 497. The van der Waals surface area contributed by atoms with E-state index in [0.29, 0.717) is 11.3 Å². The quantitative estimate of drug-likeness (QED) is 0.807. The molecule has 0 aliphatic carbocycles. The summed E-state index contributed by atoms with van der Waals surface area (Å²) >= 11 is 1.27. The minimum absolute atomic E-state index is 0.0214. The van der Waals surface area contributed by atoms with Crippen LogP contribution in [0.5, 0.6) is 0 Å². The van der Waals surface area contributed by atoms with Crippen LogP contribution in [0.2, 0.25) is 0 Å². The van der Waals surface area contributed by atoms with Crippen molar-refractivity contribution in [3.63, 3.8) is 0 Å². The van der Waals surface area contributed by atoms with Gasteiger partial charge in [-0.3, -0.25) is 4.79 Å². The van der Waals surface area contributed by atoms with E-state index in [2.05, 4.69) is 10.3 Å². The van der Waals surface area contributed by atoms with E-state index in [1.807, 2.05) is 6.92 Å². The molecule has 21 heavy (non-hydrogen) atoms. The molecule has 2 N–H and O–H groups in total. The molecule has 6 nitrogen and oxygen atoms in total. The normalized spacial score (nSPS) is 19.4. The Morgan fingerprint density at radius 1 is 1.62 bits per heavy atom. The third-order valence-corrected chi connectivity index (χ3v) is 4.49. The van der Waals surface area contributed by atoms with Gasteiger partial charge in [-0.15, -0.1) is 11.3 Å². The number of aliphatic carboxylic acids is 1. The van der Waals surface area contributed by atoms with Crippen LogP contribution in [-0.2, 0) is 9.53 Å². The number of unbranched alkanes of at least 4 members (excludes halogenated alkanes) is 1. The van der Waals surface area contributed by atoms with Crippen molar-refractivity contribution in [1.82, 2.24) is 10.3 Å². The molecule has 116 valence electrons. The Kier molecular flexibility index (Phi) is 5.69. The molecular weight excluding hydrogens is 292 g/mol. The number of carboxylic acids is 1. The highest BCUT2D eigenvalue weighted by atomic mass is 32.1. The molecule has 0 saturated carbocycles. The molecule has 1 aliphatic heterocycles. The summed E-state index contributed by atoms with van der Waals surface area (Å²) in [4.78, 5) is 27.9. The zero-order chi connectivity index (χ0) is 15.2. The number of nitrogens with one attached hydrogen (secondary N) is 1. The molecule has 0 bridgehead atoms. The summed E-state index contributed by atoms with van der Waals surface area (Å²) in [5.74, 6) is -1.37. The summed E-state index contributed by atoms with van der Waals surface area (Å²) < 4.78 is 5.53. The Labute approximate surface area is 127 Å². The fourth-order valence-electron chi connectivity index (χ4n) is 2.21. The number of rotatable bonds is 7. The third-order valence-electron chi connectivity index (χ3n) is 3.40. The van der Waals surface area contributed by atoms with E-state index in [9.17, 15) is 9.59 Å². The number of hydrogen-bond acceptors (Lipinski definition) is 5. The van der Waals surface area contributed by atoms with E-state index in [4.69, 9.17) is 9.84 Å². The first-order valence-electron chi connectivity index (χ1n) is 7.22. The fourth-order valence-corrected chi connectivity index (χ4v) is 3.11. The van der Waals surface area contributed by atoms with Crippen LogP contribution < -0.4 is 5.32 Å². The number of carbonyl (C=O) groups excluding carboxylic acids is 1. The average Bonchev–Trinajstić information content (AvgIpc) is 3.12. The first-order valence-corrected chi connectivity index (χ1v) is 8.04. The summed E-state index contributed by atoms with van der Waals surface area (Å²) in [5, 5.41) is 12.5. The van der Waals surface area contributed by atoms with Gasteiger partial charge >= 0.3 is 5.97 Å². The van der Waals surface area contributed by atoms with E-state index in [0.717, 1.165) is 37.3 Å². The number of ether oxygens (including phenoxy) is 1. The number of amides is 1. The SMILES string of the molecule is CCCCC(NC(=O)c1cnc(C2CCCO2)s1)C(=O)O. The second-order valence-corrected chi connectivity index (χ2v) is 6.13. The molecular formula is C14H20N2O4S. The Balaban J connectivity index is 1.96. The van der Waals surface area contributed by atoms with E-state index in [1.54, 1.807) is 0 Å². The van der Waals surface area contributed by atoms with Crippen molar-refractivity contribution in [2.45, 2.75) is 51.2 Å². The van der Waals surface area contributed by atoms with Crippen LogP contribution in [0.4, 0.5) is 0 Å². The van der Waals surface area contributed by atoms with Crippen molar-refractivity contribution in [3.05, 3.63) is 16.1 Å². The van der Waals surface area contributed by atoms with Gasteiger partial charge in [0.05, 0.1) is 6.20 Å². The second kappa shape index (κ2) is 7.51. The van der Waals surface area contributed by atoms with Crippen molar-refractivity contribution >= 4 is 23.2 Å². The molecule has 2 rings (SSSR count). The number of carbonyl (C=O) groups is 2. The highest BCUT2D eigenvalue weighted by Crippen LogP contribution is 2.31. The van der Waals surface area contributed by atoms with Gasteiger partial charge in [-0.25, -0.2) is 9.78 Å². The first-order chi connectivity index (χ1) is 10.1. The third kappa shape index (κ3) is 4.25. The van der Waals surface area contributed by atoms with Gasteiger partial charge in [-0.1, -0.05) is 19.8 Å². The van der Waals surface area contributed by atoms with Crippen LogP contribution >= 0.6 is 11.3 Å². The molecule has 0 spiro atoms. The summed E-state index contributed by atoms with van der Waals surface area (Å²) in [6.45, 7) is 2.71. The Morgan fingerprint density at radius 2 is 2.43 bits per heavy atom. The van der Waals surface area contributed by atoms with Gasteiger partial charge in [-0.05, 0) is 19.3 Å². The van der Waals surface area contributed by atoms with Crippen LogP contribution in [0.1, 0.15) is 59.8 Å². The summed E-state index contributed by atoms with van der Waals surface area (Å²) in [7, 11) is 0. The molecule has 2 atom stereocenters. The van der Waals surface area contributed by atoms with Gasteiger partial charge in [0.25, 0.3) is 5.91 Å². The molecule has 1 aromatic rings. The maximum absolute atomic E-state index is 12.1. The predicted octanol–water partition coefficient (Wildman–Crippen LogP) is 2.37. The van der Waals surface area contributed by atoms with Gasteiger partial charge < -0.3 is 15.2 Å². The van der Waals surface area contributed by atoms with Crippen LogP contribution in [0, 0.1) is 0 Å². The molecule has 1 aliphatic rings. The van der Waals surface area contributed by atoms with Crippen molar-refractivity contribution in [2.24, 2.45) is 0 Å². The lowest BCUT2D eigenvalue weighted by atomic mass is 10.1. The molecule has 7 heteroatoms. The lowest BCUT2D eigenvalue weighted by molar-refractivity contribution is -0.139. The van der Waals surface area contributed by atoms with Gasteiger partial charge in [-0.2, -0.15) is 0 Å². The standard InChI is InChI=1S/C14H20N2O4S/c1-2-3-5-9(14(18)19)16-12(17)11-8-15-13(21-11)10-6-4-7-20-10/h8-10H,2-7H2,1H3,(H,16,17)(H,18,19). The molecule has 1 amide bonds. The van der Waals surface area contributed by atoms with Gasteiger partial charge in [0.1, 0.15) is 22.0 Å². The zero-order valence-corrected chi connectivity index (χ0v) is 12.8. The predicted molar refractivity (Wildman–Crippen MR) is 78.5 cm³/mol. The van der Waals surface area contributed by atoms with E-state index in [1.165, 1.54) is 17.5 Å². The maximum Gasteiger partial charge on any atom is 0.326 e. The summed E-state index contributed by atoms with van der Waals surface area (Å²) in [6.07, 6.45) is 5.49. The number of carboxylic acid groups (broad SMARTS) is 1. The van der Waals surface area contributed by atoms with Gasteiger partial charge in [0.2, 0.25) is 0 Å². The van der Waals surface area contributed by atoms with Crippen LogP contribution in [0.25, 0.3) is 0 Å². The first kappa shape index (κ1) is 15.9. The zero-order valence-electron chi connectivity index (χ0n) is 12.0. The number of nitrogens with zero attached hydrogens (tertiary/aromatic N) is 1. The average molecular weight is 312 g/mol. The maximum atomic E-state index is 12.1. The fraction of sp³-hybridized carbons (Fsp3) is 0.643. The summed E-state index contributed by atoms with van der Waals surface area (Å²) in [5.41, 5.74) is 0. The van der Waals surface area contributed by atoms with Crippen LogP contribution in [-0.4, -0.2) is 34.6 Å². The number of aromatic nitrogens is 1. The Hall–Kier alpha value is -1.47.